The summed E-state index contributed by atoms with van der Waals surface area (Å²) in [6.45, 7) is 4.41. The highest BCUT2D eigenvalue weighted by atomic mass is 16.2. The van der Waals surface area contributed by atoms with Gasteiger partial charge in [-0.2, -0.15) is 0 Å². The summed E-state index contributed by atoms with van der Waals surface area (Å²) in [5.74, 6) is -0.0934. The lowest BCUT2D eigenvalue weighted by atomic mass is 10.3. The third-order valence-electron chi connectivity index (χ3n) is 4.12. The maximum atomic E-state index is 12.4. The lowest BCUT2D eigenvalue weighted by Gasteiger charge is -2.23. The van der Waals surface area contributed by atoms with Gasteiger partial charge in [-0.1, -0.05) is 6.92 Å². The van der Waals surface area contributed by atoms with Crippen LogP contribution in [0, 0.1) is 6.92 Å². The van der Waals surface area contributed by atoms with Crippen LogP contribution in [-0.4, -0.2) is 43.0 Å². The van der Waals surface area contributed by atoms with Crippen LogP contribution in [0.1, 0.15) is 25.3 Å². The van der Waals surface area contributed by atoms with Gasteiger partial charge in [-0.3, -0.25) is 33.5 Å². The number of aromatic nitrogens is 4. The average molecular weight is 377 g/mol. The standard InChI is InChI=1S/C17H23N5O5/c1-3-4-14(24)20(7-9-21-6-5-13(23)18-16(21)26)8-10-22-11-12(2)15(25)19-17(22)27/h5-6,11H,3-4,7-10H2,1-2H3,(H,18,23,26)(H,19,25,27). The third-order valence-corrected chi connectivity index (χ3v) is 4.12. The number of carbonyl (C=O) groups excluding carboxylic acids is 1. The van der Waals surface area contributed by atoms with Crippen LogP contribution >= 0.6 is 0 Å². The molecule has 10 heteroatoms. The number of aromatic amines is 2. The second-order valence-corrected chi connectivity index (χ2v) is 6.20. The molecule has 2 rings (SSSR count). The lowest BCUT2D eigenvalue weighted by Crippen LogP contribution is -2.40. The maximum Gasteiger partial charge on any atom is 0.328 e. The van der Waals surface area contributed by atoms with E-state index in [2.05, 4.69) is 9.97 Å². The molecule has 146 valence electrons. The maximum absolute atomic E-state index is 12.4. The number of hydrogen-bond acceptors (Lipinski definition) is 5. The summed E-state index contributed by atoms with van der Waals surface area (Å²) in [6.07, 6.45) is 3.85. The highest BCUT2D eigenvalue weighted by Crippen LogP contribution is 2.00. The Morgan fingerprint density at radius 1 is 1.04 bits per heavy atom. The molecule has 1 amide bonds. The van der Waals surface area contributed by atoms with Gasteiger partial charge >= 0.3 is 11.4 Å². The molecule has 0 spiro atoms. The van der Waals surface area contributed by atoms with Gasteiger partial charge in [-0.05, 0) is 13.3 Å². The Morgan fingerprint density at radius 2 is 1.67 bits per heavy atom. The van der Waals surface area contributed by atoms with Crippen LogP contribution in [0.4, 0.5) is 0 Å². The van der Waals surface area contributed by atoms with Crippen molar-refractivity contribution < 1.29 is 4.79 Å². The monoisotopic (exact) mass is 377 g/mol. The molecule has 10 nitrogen and oxygen atoms in total. The average Bonchev–Trinajstić information content (AvgIpc) is 2.60. The molecule has 0 unspecified atom stereocenters. The van der Waals surface area contributed by atoms with Crippen LogP contribution in [0.15, 0.2) is 37.6 Å². The van der Waals surface area contributed by atoms with Crippen molar-refractivity contribution in [3.63, 3.8) is 0 Å². The van der Waals surface area contributed by atoms with Crippen molar-refractivity contribution >= 4 is 5.91 Å². The van der Waals surface area contributed by atoms with Gasteiger partial charge in [-0.15, -0.1) is 0 Å². The zero-order valence-electron chi connectivity index (χ0n) is 15.4. The van der Waals surface area contributed by atoms with E-state index in [4.69, 9.17) is 0 Å². The summed E-state index contributed by atoms with van der Waals surface area (Å²) in [4.78, 5) is 64.5. The van der Waals surface area contributed by atoms with Gasteiger partial charge in [-0.25, -0.2) is 9.59 Å². The third kappa shape index (κ3) is 5.40. The van der Waals surface area contributed by atoms with Crippen LogP contribution in [0.2, 0.25) is 0 Å². The van der Waals surface area contributed by atoms with E-state index in [1.54, 1.807) is 11.8 Å². The Bertz CT molecular complexity index is 1030. The Morgan fingerprint density at radius 3 is 2.30 bits per heavy atom. The predicted molar refractivity (Wildman–Crippen MR) is 98.9 cm³/mol. The summed E-state index contributed by atoms with van der Waals surface area (Å²) in [5.41, 5.74) is -1.60. The van der Waals surface area contributed by atoms with E-state index in [0.717, 1.165) is 0 Å². The molecule has 27 heavy (non-hydrogen) atoms. The summed E-state index contributed by atoms with van der Waals surface area (Å²) in [5, 5.41) is 0. The second-order valence-electron chi connectivity index (χ2n) is 6.20. The smallest absolute Gasteiger partial charge is 0.328 e. The van der Waals surface area contributed by atoms with Gasteiger partial charge in [0.1, 0.15) is 0 Å². The first-order chi connectivity index (χ1) is 12.8. The normalized spacial score (nSPS) is 10.7. The molecule has 2 heterocycles. The minimum absolute atomic E-state index is 0.0934. The fourth-order valence-corrected chi connectivity index (χ4v) is 2.59. The Hall–Kier alpha value is -3.17. The van der Waals surface area contributed by atoms with Crippen molar-refractivity contribution in [3.05, 3.63) is 65.7 Å². The molecule has 2 aromatic rings. The van der Waals surface area contributed by atoms with Crippen LogP contribution < -0.4 is 22.5 Å². The molecule has 0 saturated heterocycles. The molecule has 0 saturated carbocycles. The van der Waals surface area contributed by atoms with Gasteiger partial charge in [0.05, 0.1) is 0 Å². The molecule has 0 aliphatic carbocycles. The van der Waals surface area contributed by atoms with Gasteiger partial charge < -0.3 is 4.90 Å². The molecular formula is C17H23N5O5. The fourth-order valence-electron chi connectivity index (χ4n) is 2.59. The van der Waals surface area contributed by atoms with Crippen molar-refractivity contribution in [2.75, 3.05) is 13.1 Å². The van der Waals surface area contributed by atoms with Gasteiger partial charge in [0.2, 0.25) is 5.91 Å². The zero-order valence-corrected chi connectivity index (χ0v) is 15.4. The zero-order chi connectivity index (χ0) is 20.0. The van der Waals surface area contributed by atoms with Crippen LogP contribution in [0.25, 0.3) is 0 Å². The summed E-state index contributed by atoms with van der Waals surface area (Å²) in [7, 11) is 0. The van der Waals surface area contributed by atoms with E-state index in [0.29, 0.717) is 18.4 Å². The van der Waals surface area contributed by atoms with E-state index in [1.807, 2.05) is 6.92 Å². The van der Waals surface area contributed by atoms with E-state index in [1.165, 1.54) is 27.6 Å². The van der Waals surface area contributed by atoms with E-state index in [9.17, 15) is 24.0 Å². The first-order valence-corrected chi connectivity index (χ1v) is 8.69. The quantitative estimate of drug-likeness (QED) is 0.611. The first-order valence-electron chi connectivity index (χ1n) is 8.69. The molecule has 0 atom stereocenters. The van der Waals surface area contributed by atoms with Crippen molar-refractivity contribution in [2.45, 2.75) is 39.8 Å². The second kappa shape index (κ2) is 8.97. The number of hydrogen-bond donors (Lipinski definition) is 2. The van der Waals surface area contributed by atoms with Gasteiger partial charge in [0.15, 0.2) is 0 Å². The number of aryl methyl sites for hydroxylation is 1. The van der Waals surface area contributed by atoms with Gasteiger partial charge in [0, 0.05) is 56.6 Å². The largest absolute Gasteiger partial charge is 0.339 e. The number of amides is 1. The molecule has 2 N–H and O–H groups in total. The summed E-state index contributed by atoms with van der Waals surface area (Å²) < 4.78 is 2.65. The summed E-state index contributed by atoms with van der Waals surface area (Å²) in [6, 6.07) is 1.24. The SMILES string of the molecule is CCCC(=O)N(CCn1ccc(=O)[nH]c1=O)CCn1cc(C)c(=O)[nH]c1=O. The molecule has 0 aliphatic heterocycles. The Kier molecular flexibility index (Phi) is 6.69. The van der Waals surface area contributed by atoms with E-state index < -0.39 is 22.5 Å². The minimum Gasteiger partial charge on any atom is -0.339 e. The highest BCUT2D eigenvalue weighted by molar-refractivity contribution is 5.76. The fraction of sp³-hybridized carbons (Fsp3) is 0.471. The molecule has 0 aliphatic rings. The Labute approximate surface area is 154 Å². The van der Waals surface area contributed by atoms with Crippen LogP contribution in [-0.2, 0) is 17.9 Å². The molecule has 0 radical (unpaired) electrons. The number of H-pyrrole nitrogens is 2. The molecule has 0 bridgehead atoms. The molecule has 0 aromatic carbocycles. The van der Waals surface area contributed by atoms with Crippen molar-refractivity contribution in [1.29, 1.82) is 0 Å². The van der Waals surface area contributed by atoms with E-state index in [-0.39, 0.29) is 32.1 Å². The van der Waals surface area contributed by atoms with E-state index >= 15 is 0 Å². The Balaban J connectivity index is 2.12. The number of rotatable bonds is 8. The van der Waals surface area contributed by atoms with Crippen molar-refractivity contribution in [1.82, 2.24) is 24.0 Å². The van der Waals surface area contributed by atoms with Crippen molar-refractivity contribution in [3.8, 4) is 0 Å². The van der Waals surface area contributed by atoms with Crippen molar-refractivity contribution in [2.24, 2.45) is 0 Å². The first kappa shape index (κ1) is 20.1. The topological polar surface area (TPSA) is 130 Å². The number of nitrogens with one attached hydrogen (secondary N) is 2. The highest BCUT2D eigenvalue weighted by Gasteiger charge is 2.13. The predicted octanol–water partition coefficient (Wildman–Crippen LogP) is -0.976. The number of nitrogens with zero attached hydrogens (tertiary/aromatic N) is 3. The lowest BCUT2D eigenvalue weighted by molar-refractivity contribution is -0.131. The molecular weight excluding hydrogens is 354 g/mol. The van der Waals surface area contributed by atoms with Crippen LogP contribution in [0.5, 0.6) is 0 Å². The summed E-state index contributed by atoms with van der Waals surface area (Å²) >= 11 is 0. The minimum atomic E-state index is -0.544. The molecule has 2 aromatic heterocycles. The van der Waals surface area contributed by atoms with Gasteiger partial charge in [0.25, 0.3) is 11.1 Å². The number of carbonyl (C=O) groups is 1. The molecule has 0 fully saturated rings. The van der Waals surface area contributed by atoms with Crippen LogP contribution in [0.3, 0.4) is 0 Å².